The third-order valence-corrected chi connectivity index (χ3v) is 6.29. The van der Waals surface area contributed by atoms with E-state index in [2.05, 4.69) is 26.6 Å². The van der Waals surface area contributed by atoms with Crippen molar-refractivity contribution in [1.29, 1.82) is 0 Å². The van der Waals surface area contributed by atoms with Gasteiger partial charge < -0.3 is 5.32 Å². The van der Waals surface area contributed by atoms with Crippen molar-refractivity contribution in [1.82, 2.24) is 19.7 Å². The molecule has 0 spiro atoms. The normalized spacial score (nSPS) is 15.9. The summed E-state index contributed by atoms with van der Waals surface area (Å²) in [5.41, 5.74) is 3.93. The number of rotatable bonds is 4. The van der Waals surface area contributed by atoms with E-state index in [1.54, 1.807) is 12.4 Å². The predicted molar refractivity (Wildman–Crippen MR) is 118 cm³/mol. The fourth-order valence-electron chi connectivity index (χ4n) is 3.57. The third kappa shape index (κ3) is 3.59. The van der Waals surface area contributed by atoms with Crippen molar-refractivity contribution < 1.29 is 4.79 Å². The van der Waals surface area contributed by atoms with Gasteiger partial charge in [-0.15, -0.1) is 10.2 Å². The maximum atomic E-state index is 12.9. The summed E-state index contributed by atoms with van der Waals surface area (Å²) in [5.74, 6) is 0.724. The molecule has 2 aromatic carbocycles. The van der Waals surface area contributed by atoms with E-state index in [0.29, 0.717) is 5.16 Å². The monoisotopic (exact) mass is 413 g/mol. The quantitative estimate of drug-likeness (QED) is 0.538. The molecular weight excluding hydrogens is 394 g/mol. The number of fused-ring (bicyclic) bond motifs is 1. The van der Waals surface area contributed by atoms with Crippen LogP contribution in [0, 0.1) is 0 Å². The minimum atomic E-state index is -0.255. The van der Waals surface area contributed by atoms with Crippen LogP contribution in [0.25, 0.3) is 17.1 Å². The van der Waals surface area contributed by atoms with Crippen LogP contribution >= 0.6 is 11.8 Å². The molecule has 0 aliphatic carbocycles. The van der Waals surface area contributed by atoms with Gasteiger partial charge >= 0.3 is 0 Å². The first kappa shape index (κ1) is 18.6. The summed E-state index contributed by atoms with van der Waals surface area (Å²) < 4.78 is 2.01. The second-order valence-electron chi connectivity index (χ2n) is 7.00. The van der Waals surface area contributed by atoms with Crippen LogP contribution in [0.2, 0.25) is 0 Å². The van der Waals surface area contributed by atoms with Crippen molar-refractivity contribution in [3.8, 4) is 17.1 Å². The smallest absolute Gasteiger partial charge is 0.237 e. The third-order valence-electron chi connectivity index (χ3n) is 5.08. The maximum absolute atomic E-state index is 12.9. The summed E-state index contributed by atoms with van der Waals surface area (Å²) in [6.45, 7) is 0. The summed E-state index contributed by atoms with van der Waals surface area (Å²) in [7, 11) is 0. The van der Waals surface area contributed by atoms with Gasteiger partial charge in [0, 0.05) is 29.3 Å². The summed E-state index contributed by atoms with van der Waals surface area (Å²) in [6, 6.07) is 21.8. The van der Waals surface area contributed by atoms with E-state index in [1.807, 2.05) is 65.2 Å². The highest BCUT2D eigenvalue weighted by atomic mass is 32.2. The number of para-hydroxylation sites is 2. The van der Waals surface area contributed by atoms with E-state index in [1.165, 1.54) is 11.8 Å². The summed E-state index contributed by atoms with van der Waals surface area (Å²) in [5, 5.41) is 12.4. The number of aryl methyl sites for hydroxylation is 1. The Hall–Kier alpha value is -3.45. The first-order valence-electron chi connectivity index (χ1n) is 9.76. The Morgan fingerprint density at radius 1 is 0.933 bits per heavy atom. The molecule has 7 heteroatoms. The van der Waals surface area contributed by atoms with Crippen molar-refractivity contribution in [2.24, 2.45) is 0 Å². The molecule has 6 nitrogen and oxygen atoms in total. The summed E-state index contributed by atoms with van der Waals surface area (Å²) in [4.78, 5) is 17.0. The first-order valence-corrected chi connectivity index (χ1v) is 10.6. The van der Waals surface area contributed by atoms with Crippen LogP contribution in [0.15, 0.2) is 84.3 Å². The zero-order valence-corrected chi connectivity index (χ0v) is 16.9. The predicted octanol–water partition coefficient (Wildman–Crippen LogP) is 4.37. The lowest BCUT2D eigenvalue weighted by Crippen LogP contribution is -2.24. The fraction of sp³-hybridized carbons (Fsp3) is 0.130. The minimum absolute atomic E-state index is 0.00183. The standard InChI is InChI=1S/C23H19N5OS/c29-22-20(11-10-16-6-4-5-9-19(16)25-22)30-23-27-26-21(17-12-14-24-15-13-17)28(23)18-7-2-1-3-8-18/h1-9,12-15,20H,10-11H2,(H,25,29)/t20-/m0/s1. The van der Waals surface area contributed by atoms with Crippen LogP contribution in [0.1, 0.15) is 12.0 Å². The number of benzene rings is 2. The molecule has 1 aliphatic rings. The largest absolute Gasteiger partial charge is 0.325 e. The highest BCUT2D eigenvalue weighted by Crippen LogP contribution is 2.34. The number of carbonyl (C=O) groups excluding carboxylic acids is 1. The van der Waals surface area contributed by atoms with Crippen LogP contribution in [0.3, 0.4) is 0 Å². The van der Waals surface area contributed by atoms with Crippen molar-refractivity contribution in [3.05, 3.63) is 84.7 Å². The van der Waals surface area contributed by atoms with E-state index >= 15 is 0 Å². The highest BCUT2D eigenvalue weighted by Gasteiger charge is 2.27. The van der Waals surface area contributed by atoms with Gasteiger partial charge in [-0.05, 0) is 48.7 Å². The fourth-order valence-corrected chi connectivity index (χ4v) is 4.62. The van der Waals surface area contributed by atoms with E-state index in [0.717, 1.165) is 41.2 Å². The number of pyridine rings is 1. The number of aromatic nitrogens is 4. The maximum Gasteiger partial charge on any atom is 0.237 e. The molecule has 0 fully saturated rings. The van der Waals surface area contributed by atoms with Crippen LogP contribution < -0.4 is 5.32 Å². The Kier molecular flexibility index (Phi) is 5.03. The van der Waals surface area contributed by atoms with Gasteiger partial charge in [0.2, 0.25) is 5.91 Å². The van der Waals surface area contributed by atoms with Gasteiger partial charge in [0.15, 0.2) is 11.0 Å². The molecule has 0 bridgehead atoms. The molecule has 0 saturated carbocycles. The number of nitrogens with one attached hydrogen (secondary N) is 1. The number of anilines is 1. The molecule has 0 saturated heterocycles. The minimum Gasteiger partial charge on any atom is -0.325 e. The van der Waals surface area contributed by atoms with Crippen molar-refractivity contribution >= 4 is 23.4 Å². The molecule has 5 rings (SSSR count). The number of amides is 1. The van der Waals surface area contributed by atoms with Gasteiger partial charge in [-0.2, -0.15) is 0 Å². The average molecular weight is 414 g/mol. The van der Waals surface area contributed by atoms with Gasteiger partial charge in [0.1, 0.15) is 0 Å². The molecule has 2 aromatic heterocycles. The molecule has 1 aliphatic heterocycles. The molecule has 1 N–H and O–H groups in total. The number of hydrogen-bond donors (Lipinski definition) is 1. The van der Waals surface area contributed by atoms with E-state index in [4.69, 9.17) is 0 Å². The second kappa shape index (κ2) is 8.12. The van der Waals surface area contributed by atoms with Crippen LogP contribution in [-0.2, 0) is 11.2 Å². The Morgan fingerprint density at radius 3 is 2.53 bits per heavy atom. The van der Waals surface area contributed by atoms with Gasteiger partial charge in [-0.25, -0.2) is 0 Å². The number of thioether (sulfide) groups is 1. The summed E-state index contributed by atoms with van der Waals surface area (Å²) >= 11 is 1.46. The zero-order valence-electron chi connectivity index (χ0n) is 16.1. The number of hydrogen-bond acceptors (Lipinski definition) is 5. The zero-order chi connectivity index (χ0) is 20.3. The molecule has 148 valence electrons. The highest BCUT2D eigenvalue weighted by molar-refractivity contribution is 8.00. The Bertz CT molecular complexity index is 1180. The molecule has 0 radical (unpaired) electrons. The van der Waals surface area contributed by atoms with Crippen molar-refractivity contribution in [2.75, 3.05) is 5.32 Å². The number of nitrogens with zero attached hydrogens (tertiary/aromatic N) is 4. The molecule has 3 heterocycles. The molecular formula is C23H19N5OS. The average Bonchev–Trinajstić information content (AvgIpc) is 3.14. The summed E-state index contributed by atoms with van der Waals surface area (Å²) in [6.07, 6.45) is 5.05. The topological polar surface area (TPSA) is 72.7 Å². The Balaban J connectivity index is 1.51. The molecule has 30 heavy (non-hydrogen) atoms. The van der Waals surface area contributed by atoms with E-state index in [9.17, 15) is 4.79 Å². The second-order valence-corrected chi connectivity index (χ2v) is 8.17. The Morgan fingerprint density at radius 2 is 1.70 bits per heavy atom. The molecule has 1 atom stereocenters. The lowest BCUT2D eigenvalue weighted by Gasteiger charge is -2.14. The van der Waals surface area contributed by atoms with Gasteiger partial charge in [0.25, 0.3) is 0 Å². The van der Waals surface area contributed by atoms with Crippen LogP contribution in [0.5, 0.6) is 0 Å². The van der Waals surface area contributed by atoms with E-state index < -0.39 is 0 Å². The molecule has 4 aromatic rings. The van der Waals surface area contributed by atoms with Gasteiger partial charge in [-0.1, -0.05) is 48.2 Å². The SMILES string of the molecule is O=C1Nc2ccccc2CC[C@@H]1Sc1nnc(-c2ccncc2)n1-c1ccccc1. The molecule has 0 unspecified atom stereocenters. The first-order chi connectivity index (χ1) is 14.8. The van der Waals surface area contributed by atoms with Crippen LogP contribution in [-0.4, -0.2) is 30.9 Å². The van der Waals surface area contributed by atoms with Gasteiger partial charge in [0.05, 0.1) is 5.25 Å². The van der Waals surface area contributed by atoms with Crippen molar-refractivity contribution in [2.45, 2.75) is 23.2 Å². The molecule has 1 amide bonds. The van der Waals surface area contributed by atoms with E-state index in [-0.39, 0.29) is 11.2 Å². The van der Waals surface area contributed by atoms with Crippen molar-refractivity contribution in [3.63, 3.8) is 0 Å². The lowest BCUT2D eigenvalue weighted by atomic mass is 10.1. The Labute approximate surface area is 178 Å². The number of carbonyl (C=O) groups is 1. The van der Waals surface area contributed by atoms with Gasteiger partial charge in [-0.3, -0.25) is 14.3 Å². The van der Waals surface area contributed by atoms with Crippen LogP contribution in [0.4, 0.5) is 5.69 Å². The lowest BCUT2D eigenvalue weighted by molar-refractivity contribution is -0.115.